The number of hydrogen-bond donors (Lipinski definition) is 1. The Balaban J connectivity index is 2.12. The monoisotopic (exact) mass is 251 g/mol. The molecule has 1 saturated carbocycles. The molecule has 2 unspecified atom stereocenters. The minimum atomic E-state index is -0.203. The van der Waals surface area contributed by atoms with Crippen molar-refractivity contribution in [2.24, 2.45) is 5.41 Å². The van der Waals surface area contributed by atoms with Gasteiger partial charge in [0, 0.05) is 12.1 Å². The molecule has 1 fully saturated rings. The first kappa shape index (κ1) is 13.3. The van der Waals surface area contributed by atoms with Gasteiger partial charge in [0.05, 0.1) is 0 Å². The van der Waals surface area contributed by atoms with Crippen LogP contribution in [0.3, 0.4) is 0 Å². The van der Waals surface area contributed by atoms with Crippen molar-refractivity contribution in [1.82, 2.24) is 5.32 Å². The van der Waals surface area contributed by atoms with Crippen LogP contribution in [0.25, 0.3) is 0 Å². The van der Waals surface area contributed by atoms with Crippen LogP contribution in [0.5, 0.6) is 5.75 Å². The Bertz CT molecular complexity index is 431. The number of likely N-dealkylation sites (N-methyl/N-ethyl adjacent to an activating group) is 1. The molecule has 1 aliphatic rings. The van der Waals surface area contributed by atoms with Gasteiger partial charge in [-0.25, -0.2) is 4.39 Å². The van der Waals surface area contributed by atoms with Crippen molar-refractivity contribution >= 4 is 0 Å². The number of ether oxygens (including phenoxy) is 1. The molecule has 2 nitrogen and oxygen atoms in total. The van der Waals surface area contributed by atoms with Gasteiger partial charge < -0.3 is 10.1 Å². The molecule has 0 spiro atoms. The number of halogens is 1. The lowest BCUT2D eigenvalue weighted by atomic mass is 9.87. The molecule has 1 N–H and O–H groups in total. The van der Waals surface area contributed by atoms with Gasteiger partial charge in [-0.1, -0.05) is 19.9 Å². The molecule has 0 radical (unpaired) electrons. The maximum atomic E-state index is 13.5. The summed E-state index contributed by atoms with van der Waals surface area (Å²) in [6.45, 7) is 6.24. The fourth-order valence-electron chi connectivity index (χ4n) is 2.86. The highest BCUT2D eigenvalue weighted by Gasteiger charge is 2.42. The number of nitrogens with one attached hydrogen (secondary N) is 1. The first-order valence-corrected chi connectivity index (χ1v) is 6.54. The Morgan fingerprint density at radius 1 is 1.39 bits per heavy atom. The molecular weight excluding hydrogens is 229 g/mol. The summed E-state index contributed by atoms with van der Waals surface area (Å²) in [5.74, 6) is 0.423. The molecule has 100 valence electrons. The number of benzene rings is 1. The predicted octanol–water partition coefficient (Wildman–Crippen LogP) is 3.29. The minimum absolute atomic E-state index is 0.118. The average molecular weight is 251 g/mol. The fourth-order valence-corrected chi connectivity index (χ4v) is 2.86. The Hall–Kier alpha value is -1.09. The van der Waals surface area contributed by atoms with Crippen LogP contribution in [0.1, 0.15) is 32.3 Å². The van der Waals surface area contributed by atoms with Gasteiger partial charge in [-0.05, 0) is 43.9 Å². The van der Waals surface area contributed by atoms with Crippen molar-refractivity contribution in [3.8, 4) is 5.75 Å². The van der Waals surface area contributed by atoms with E-state index in [1.54, 1.807) is 13.0 Å². The molecule has 0 amide bonds. The molecule has 0 aromatic heterocycles. The van der Waals surface area contributed by atoms with Crippen molar-refractivity contribution in [2.45, 2.75) is 45.8 Å². The van der Waals surface area contributed by atoms with Crippen molar-refractivity contribution in [1.29, 1.82) is 0 Å². The molecule has 2 atom stereocenters. The van der Waals surface area contributed by atoms with Crippen LogP contribution in [0.2, 0.25) is 0 Å². The third kappa shape index (κ3) is 2.51. The van der Waals surface area contributed by atoms with E-state index in [1.807, 2.05) is 13.1 Å². The normalized spacial score (nSPS) is 26.3. The van der Waals surface area contributed by atoms with E-state index in [2.05, 4.69) is 19.2 Å². The first-order chi connectivity index (χ1) is 8.44. The second kappa shape index (κ2) is 4.88. The summed E-state index contributed by atoms with van der Waals surface area (Å²) < 4.78 is 19.4. The van der Waals surface area contributed by atoms with E-state index in [0.717, 1.165) is 12.8 Å². The van der Waals surface area contributed by atoms with E-state index in [1.165, 1.54) is 6.07 Å². The van der Waals surface area contributed by atoms with Gasteiger partial charge in [-0.15, -0.1) is 0 Å². The highest BCUT2D eigenvalue weighted by molar-refractivity contribution is 5.28. The van der Waals surface area contributed by atoms with Gasteiger partial charge >= 0.3 is 0 Å². The summed E-state index contributed by atoms with van der Waals surface area (Å²) >= 11 is 0. The molecule has 1 aliphatic carbocycles. The number of rotatable bonds is 3. The lowest BCUT2D eigenvalue weighted by molar-refractivity contribution is 0.145. The van der Waals surface area contributed by atoms with E-state index in [-0.39, 0.29) is 17.3 Å². The van der Waals surface area contributed by atoms with E-state index in [0.29, 0.717) is 17.4 Å². The largest absolute Gasteiger partial charge is 0.489 e. The van der Waals surface area contributed by atoms with Crippen molar-refractivity contribution in [2.75, 3.05) is 7.05 Å². The van der Waals surface area contributed by atoms with Crippen molar-refractivity contribution in [3.63, 3.8) is 0 Å². The molecule has 18 heavy (non-hydrogen) atoms. The van der Waals surface area contributed by atoms with Gasteiger partial charge in [0.2, 0.25) is 0 Å². The molecule has 0 bridgehead atoms. The summed E-state index contributed by atoms with van der Waals surface area (Å²) in [6, 6.07) is 5.39. The zero-order valence-corrected chi connectivity index (χ0v) is 11.6. The van der Waals surface area contributed by atoms with E-state index in [9.17, 15) is 4.39 Å². The van der Waals surface area contributed by atoms with E-state index in [4.69, 9.17) is 4.74 Å². The van der Waals surface area contributed by atoms with Gasteiger partial charge in [-0.2, -0.15) is 0 Å². The van der Waals surface area contributed by atoms with E-state index >= 15 is 0 Å². The molecule has 3 heteroatoms. The molecule has 0 saturated heterocycles. The molecule has 1 aromatic carbocycles. The molecule has 2 rings (SSSR count). The minimum Gasteiger partial charge on any atom is -0.489 e. The summed E-state index contributed by atoms with van der Waals surface area (Å²) in [5.41, 5.74) is 0.877. The summed E-state index contributed by atoms with van der Waals surface area (Å²) in [7, 11) is 1.96. The van der Waals surface area contributed by atoms with Crippen LogP contribution >= 0.6 is 0 Å². The Morgan fingerprint density at radius 3 is 2.72 bits per heavy atom. The SMILES string of the molecule is CNC1C(Oc2ccc(C)c(F)c2)CCC1(C)C. The molecular formula is C15H22FNO. The molecule has 0 aliphatic heterocycles. The maximum Gasteiger partial charge on any atom is 0.129 e. The Labute approximate surface area is 109 Å². The van der Waals surface area contributed by atoms with Gasteiger partial charge in [0.25, 0.3) is 0 Å². The smallest absolute Gasteiger partial charge is 0.129 e. The first-order valence-electron chi connectivity index (χ1n) is 6.54. The fraction of sp³-hybridized carbons (Fsp3) is 0.600. The lowest BCUT2D eigenvalue weighted by Crippen LogP contribution is -2.44. The molecule has 0 heterocycles. The van der Waals surface area contributed by atoms with Crippen LogP contribution < -0.4 is 10.1 Å². The lowest BCUT2D eigenvalue weighted by Gasteiger charge is -2.30. The predicted molar refractivity (Wildman–Crippen MR) is 71.4 cm³/mol. The van der Waals surface area contributed by atoms with Crippen LogP contribution in [0.4, 0.5) is 4.39 Å². The maximum absolute atomic E-state index is 13.5. The Morgan fingerprint density at radius 2 is 2.11 bits per heavy atom. The highest BCUT2D eigenvalue weighted by Crippen LogP contribution is 2.39. The quantitative estimate of drug-likeness (QED) is 0.890. The third-order valence-corrected chi connectivity index (χ3v) is 4.03. The molecule has 1 aromatic rings. The van der Waals surface area contributed by atoms with Gasteiger partial charge in [-0.3, -0.25) is 0 Å². The second-order valence-electron chi connectivity index (χ2n) is 5.86. The van der Waals surface area contributed by atoms with Crippen molar-refractivity contribution < 1.29 is 9.13 Å². The highest BCUT2D eigenvalue weighted by atomic mass is 19.1. The van der Waals surface area contributed by atoms with Gasteiger partial charge in [0.15, 0.2) is 0 Å². The van der Waals surface area contributed by atoms with Gasteiger partial charge in [0.1, 0.15) is 17.7 Å². The average Bonchev–Trinajstić information content (AvgIpc) is 2.59. The Kier molecular flexibility index (Phi) is 3.62. The summed E-state index contributed by atoms with van der Waals surface area (Å²) in [5, 5.41) is 3.33. The number of aryl methyl sites for hydroxylation is 1. The zero-order chi connectivity index (χ0) is 13.3. The van der Waals surface area contributed by atoms with Crippen molar-refractivity contribution in [3.05, 3.63) is 29.6 Å². The zero-order valence-electron chi connectivity index (χ0n) is 11.6. The standard InChI is InChI=1S/C15H22FNO/c1-10-5-6-11(9-12(10)16)18-13-7-8-15(2,3)14(13)17-4/h5-6,9,13-14,17H,7-8H2,1-4H3. The summed E-state index contributed by atoms with van der Waals surface area (Å²) in [6.07, 6.45) is 2.25. The van der Waals surface area contributed by atoms with Crippen LogP contribution in [-0.2, 0) is 0 Å². The number of hydrogen-bond acceptors (Lipinski definition) is 2. The third-order valence-electron chi connectivity index (χ3n) is 4.03. The summed E-state index contributed by atoms with van der Waals surface area (Å²) in [4.78, 5) is 0. The van der Waals surface area contributed by atoms with Crippen LogP contribution in [-0.4, -0.2) is 19.2 Å². The van der Waals surface area contributed by atoms with Crippen LogP contribution in [0, 0.1) is 18.2 Å². The van der Waals surface area contributed by atoms with E-state index < -0.39 is 0 Å². The topological polar surface area (TPSA) is 21.3 Å². The van der Waals surface area contributed by atoms with Crippen LogP contribution in [0.15, 0.2) is 18.2 Å². The second-order valence-corrected chi connectivity index (χ2v) is 5.86.